The van der Waals surface area contributed by atoms with Gasteiger partial charge in [-0.3, -0.25) is 0 Å². The Morgan fingerprint density at radius 1 is 1.47 bits per heavy atom. The maximum atomic E-state index is 6.07. The summed E-state index contributed by atoms with van der Waals surface area (Å²) in [4.78, 5) is 4.72. The average Bonchev–Trinajstić information content (AvgIpc) is 2.36. The van der Waals surface area contributed by atoms with Gasteiger partial charge in [0.05, 0.1) is 11.4 Å². The number of piperidine rings is 1. The maximum absolute atomic E-state index is 6.07. The third-order valence-corrected chi connectivity index (χ3v) is 4.49. The molecule has 1 aliphatic rings. The number of anilines is 2. The molecule has 0 spiro atoms. The van der Waals surface area contributed by atoms with Crippen molar-refractivity contribution in [2.24, 2.45) is 5.92 Å². The number of hydrogen-bond acceptors (Lipinski definition) is 3. The second kappa shape index (κ2) is 6.62. The van der Waals surface area contributed by atoms with E-state index in [2.05, 4.69) is 52.0 Å². The molecule has 1 aliphatic heterocycles. The molecule has 1 fully saturated rings. The molecule has 1 aromatic rings. The SMILES string of the molecule is CN1CCCC(CCN(C)c2ccc(Br)cc2N)C1. The van der Waals surface area contributed by atoms with Crippen LogP contribution in [0, 0.1) is 5.92 Å². The van der Waals surface area contributed by atoms with Crippen molar-refractivity contribution < 1.29 is 0 Å². The molecule has 1 saturated heterocycles. The number of halogens is 1. The number of rotatable bonds is 4. The van der Waals surface area contributed by atoms with Gasteiger partial charge in [-0.05, 0) is 57.0 Å². The lowest BCUT2D eigenvalue weighted by atomic mass is 9.95. The van der Waals surface area contributed by atoms with Crippen LogP contribution in [0.4, 0.5) is 11.4 Å². The standard InChI is InChI=1S/C15H24BrN3/c1-18-8-3-4-12(11-18)7-9-19(2)15-6-5-13(16)10-14(15)17/h5-6,10,12H,3-4,7-9,11,17H2,1-2H3. The van der Waals surface area contributed by atoms with Crippen molar-refractivity contribution in [3.63, 3.8) is 0 Å². The first-order chi connectivity index (χ1) is 9.06. The Morgan fingerprint density at radius 2 is 2.26 bits per heavy atom. The number of nitrogen functional groups attached to an aromatic ring is 1. The number of likely N-dealkylation sites (tertiary alicyclic amines) is 1. The fourth-order valence-corrected chi connectivity index (χ4v) is 3.26. The molecule has 1 unspecified atom stereocenters. The normalized spacial score (nSPS) is 20.5. The van der Waals surface area contributed by atoms with Gasteiger partial charge < -0.3 is 15.5 Å². The van der Waals surface area contributed by atoms with E-state index in [-0.39, 0.29) is 0 Å². The van der Waals surface area contributed by atoms with E-state index >= 15 is 0 Å². The monoisotopic (exact) mass is 325 g/mol. The summed E-state index contributed by atoms with van der Waals surface area (Å²) in [5, 5.41) is 0. The molecule has 0 bridgehead atoms. The van der Waals surface area contributed by atoms with Crippen molar-refractivity contribution in [1.82, 2.24) is 4.90 Å². The van der Waals surface area contributed by atoms with Crippen LogP contribution in [0.1, 0.15) is 19.3 Å². The molecular formula is C15H24BrN3. The van der Waals surface area contributed by atoms with Crippen LogP contribution >= 0.6 is 15.9 Å². The fourth-order valence-electron chi connectivity index (χ4n) is 2.88. The van der Waals surface area contributed by atoms with Crippen molar-refractivity contribution in [1.29, 1.82) is 0 Å². The number of benzene rings is 1. The molecule has 1 atom stereocenters. The fraction of sp³-hybridized carbons (Fsp3) is 0.600. The van der Waals surface area contributed by atoms with E-state index in [1.807, 2.05) is 6.07 Å². The average molecular weight is 326 g/mol. The van der Waals surface area contributed by atoms with Crippen molar-refractivity contribution in [3.05, 3.63) is 22.7 Å². The lowest BCUT2D eigenvalue weighted by Gasteiger charge is -2.31. The number of nitrogens with two attached hydrogens (primary N) is 1. The minimum absolute atomic E-state index is 0.831. The van der Waals surface area contributed by atoms with E-state index < -0.39 is 0 Å². The molecule has 2 rings (SSSR count). The molecule has 3 nitrogen and oxygen atoms in total. The molecule has 1 aromatic carbocycles. The molecule has 4 heteroatoms. The van der Waals surface area contributed by atoms with Crippen molar-refractivity contribution >= 4 is 27.3 Å². The first kappa shape index (κ1) is 14.7. The van der Waals surface area contributed by atoms with Gasteiger partial charge in [0.1, 0.15) is 0 Å². The zero-order valence-corrected chi connectivity index (χ0v) is 13.5. The Kier molecular flexibility index (Phi) is 5.11. The molecule has 106 valence electrons. The topological polar surface area (TPSA) is 32.5 Å². The van der Waals surface area contributed by atoms with Gasteiger partial charge in [0.2, 0.25) is 0 Å². The van der Waals surface area contributed by atoms with Gasteiger partial charge in [-0.2, -0.15) is 0 Å². The second-order valence-corrected chi connectivity index (χ2v) is 6.60. The Bertz CT molecular complexity index is 422. The highest BCUT2D eigenvalue weighted by Crippen LogP contribution is 2.27. The Hall–Kier alpha value is -0.740. The van der Waals surface area contributed by atoms with Gasteiger partial charge in [0.15, 0.2) is 0 Å². The Morgan fingerprint density at radius 3 is 2.95 bits per heavy atom. The van der Waals surface area contributed by atoms with Crippen LogP contribution in [0.2, 0.25) is 0 Å². The highest BCUT2D eigenvalue weighted by atomic mass is 79.9. The molecule has 0 saturated carbocycles. The zero-order valence-electron chi connectivity index (χ0n) is 11.9. The van der Waals surface area contributed by atoms with Crippen molar-refractivity contribution in [2.45, 2.75) is 19.3 Å². The maximum Gasteiger partial charge on any atom is 0.0598 e. The third-order valence-electron chi connectivity index (χ3n) is 4.00. The summed E-state index contributed by atoms with van der Waals surface area (Å²) in [7, 11) is 4.36. The van der Waals surface area contributed by atoms with Crippen LogP contribution in [0.5, 0.6) is 0 Å². The van der Waals surface area contributed by atoms with Gasteiger partial charge >= 0.3 is 0 Å². The van der Waals surface area contributed by atoms with E-state index in [1.165, 1.54) is 32.4 Å². The number of hydrogen-bond donors (Lipinski definition) is 1. The first-order valence-corrected chi connectivity index (χ1v) is 7.80. The third kappa shape index (κ3) is 4.11. The van der Waals surface area contributed by atoms with Crippen molar-refractivity contribution in [3.8, 4) is 0 Å². The summed E-state index contributed by atoms with van der Waals surface area (Å²) in [6.45, 7) is 3.57. The van der Waals surface area contributed by atoms with E-state index in [1.54, 1.807) is 0 Å². The predicted molar refractivity (Wildman–Crippen MR) is 86.7 cm³/mol. The molecule has 1 heterocycles. The largest absolute Gasteiger partial charge is 0.397 e. The van der Waals surface area contributed by atoms with Crippen LogP contribution in [0.3, 0.4) is 0 Å². The van der Waals surface area contributed by atoms with Crippen LogP contribution in [0.15, 0.2) is 22.7 Å². The van der Waals surface area contributed by atoms with Gasteiger partial charge in [-0.1, -0.05) is 15.9 Å². The van der Waals surface area contributed by atoms with E-state index in [0.717, 1.165) is 28.3 Å². The van der Waals surface area contributed by atoms with Crippen molar-refractivity contribution in [2.75, 3.05) is 44.4 Å². The molecule has 0 aliphatic carbocycles. The lowest BCUT2D eigenvalue weighted by molar-refractivity contribution is 0.203. The minimum Gasteiger partial charge on any atom is -0.397 e. The van der Waals surface area contributed by atoms with E-state index in [9.17, 15) is 0 Å². The summed E-state index contributed by atoms with van der Waals surface area (Å²) < 4.78 is 1.04. The van der Waals surface area contributed by atoms with Gasteiger partial charge in [-0.25, -0.2) is 0 Å². The van der Waals surface area contributed by atoms with Crippen LogP contribution in [-0.2, 0) is 0 Å². The summed E-state index contributed by atoms with van der Waals surface area (Å²) in [6, 6.07) is 6.11. The highest BCUT2D eigenvalue weighted by Gasteiger charge is 2.17. The predicted octanol–water partition coefficient (Wildman–Crippen LogP) is 3.20. The second-order valence-electron chi connectivity index (χ2n) is 5.68. The highest BCUT2D eigenvalue weighted by molar-refractivity contribution is 9.10. The van der Waals surface area contributed by atoms with Gasteiger partial charge in [-0.15, -0.1) is 0 Å². The van der Waals surface area contributed by atoms with Crippen LogP contribution in [-0.4, -0.2) is 38.6 Å². The van der Waals surface area contributed by atoms with E-state index in [4.69, 9.17) is 5.73 Å². The summed E-state index contributed by atoms with van der Waals surface area (Å²) in [5.41, 5.74) is 8.05. The Balaban J connectivity index is 1.88. The molecule has 0 aromatic heterocycles. The lowest BCUT2D eigenvalue weighted by Crippen LogP contribution is -2.34. The van der Waals surface area contributed by atoms with Crippen LogP contribution < -0.4 is 10.6 Å². The smallest absolute Gasteiger partial charge is 0.0598 e. The zero-order chi connectivity index (χ0) is 13.8. The van der Waals surface area contributed by atoms with E-state index in [0.29, 0.717) is 0 Å². The van der Waals surface area contributed by atoms with Gasteiger partial charge in [0.25, 0.3) is 0 Å². The quantitative estimate of drug-likeness (QED) is 0.863. The Labute approximate surface area is 124 Å². The molecular weight excluding hydrogens is 302 g/mol. The van der Waals surface area contributed by atoms with Crippen LogP contribution in [0.25, 0.3) is 0 Å². The molecule has 19 heavy (non-hydrogen) atoms. The van der Waals surface area contributed by atoms with Gasteiger partial charge in [0, 0.05) is 24.6 Å². The summed E-state index contributed by atoms with van der Waals surface area (Å²) >= 11 is 3.45. The summed E-state index contributed by atoms with van der Waals surface area (Å²) in [6.07, 6.45) is 3.95. The summed E-state index contributed by atoms with van der Waals surface area (Å²) in [5.74, 6) is 0.831. The molecule has 2 N–H and O–H groups in total. The molecule has 0 amide bonds. The minimum atomic E-state index is 0.831. The number of nitrogens with zero attached hydrogens (tertiary/aromatic N) is 2. The first-order valence-electron chi connectivity index (χ1n) is 7.01. The molecule has 0 radical (unpaired) electrons.